The molecule has 2 rings (SSSR count). The molecule has 2 heterocycles. The summed E-state index contributed by atoms with van der Waals surface area (Å²) in [6.07, 6.45) is 7.00. The van der Waals surface area contributed by atoms with Gasteiger partial charge in [-0.3, -0.25) is 0 Å². The van der Waals surface area contributed by atoms with Crippen LogP contribution in [0.3, 0.4) is 0 Å². The molecule has 13 heavy (non-hydrogen) atoms. The Hall–Kier alpha value is -0.350. The molecular formula is C9H14BrN3. The molecule has 1 saturated heterocycles. The fourth-order valence-corrected chi connectivity index (χ4v) is 2.28. The first-order chi connectivity index (χ1) is 6.34. The van der Waals surface area contributed by atoms with Crippen LogP contribution in [0, 0.1) is 0 Å². The zero-order chi connectivity index (χ0) is 9.10. The highest BCUT2D eigenvalue weighted by Crippen LogP contribution is 2.15. The molecule has 1 fully saturated rings. The van der Waals surface area contributed by atoms with Gasteiger partial charge in [0.1, 0.15) is 0 Å². The summed E-state index contributed by atoms with van der Waals surface area (Å²) in [5, 5.41) is 0. The average molecular weight is 244 g/mol. The van der Waals surface area contributed by atoms with Crippen molar-refractivity contribution >= 4 is 15.9 Å². The van der Waals surface area contributed by atoms with E-state index in [9.17, 15) is 0 Å². The van der Waals surface area contributed by atoms with Gasteiger partial charge in [-0.25, -0.2) is 4.98 Å². The molecule has 0 aliphatic carbocycles. The van der Waals surface area contributed by atoms with Crippen molar-refractivity contribution in [2.75, 3.05) is 19.6 Å². The van der Waals surface area contributed by atoms with Crippen LogP contribution in [0.25, 0.3) is 0 Å². The molecule has 0 saturated carbocycles. The number of rotatable bonds is 3. The van der Waals surface area contributed by atoms with Crippen LogP contribution >= 0.6 is 15.9 Å². The van der Waals surface area contributed by atoms with Gasteiger partial charge in [0.25, 0.3) is 0 Å². The summed E-state index contributed by atoms with van der Waals surface area (Å²) in [6, 6.07) is 0. The van der Waals surface area contributed by atoms with Gasteiger partial charge in [-0.15, -0.1) is 0 Å². The maximum atomic E-state index is 4.02. The highest BCUT2D eigenvalue weighted by Gasteiger charge is 2.18. The monoisotopic (exact) mass is 243 g/mol. The first-order valence-corrected chi connectivity index (χ1v) is 5.58. The van der Waals surface area contributed by atoms with E-state index in [4.69, 9.17) is 0 Å². The fraction of sp³-hybridized carbons (Fsp3) is 0.667. The molecule has 4 heteroatoms. The number of hydrogen-bond donors (Lipinski definition) is 0. The third-order valence-electron chi connectivity index (χ3n) is 2.45. The molecule has 1 aliphatic rings. The minimum Gasteiger partial charge on any atom is -0.336 e. The smallest absolute Gasteiger partial charge is 0.0946 e. The summed E-state index contributed by atoms with van der Waals surface area (Å²) in [5.74, 6) is 0. The molecule has 1 atom stereocenters. The molecule has 0 spiro atoms. The second-order valence-electron chi connectivity index (χ2n) is 3.49. The number of likely N-dealkylation sites (tertiary alicyclic amines) is 1. The summed E-state index contributed by atoms with van der Waals surface area (Å²) >= 11 is 3.64. The maximum Gasteiger partial charge on any atom is 0.0946 e. The molecule has 72 valence electrons. The Morgan fingerprint density at radius 3 is 3.00 bits per heavy atom. The van der Waals surface area contributed by atoms with E-state index < -0.39 is 0 Å². The lowest BCUT2D eigenvalue weighted by atomic mass is 10.4. The van der Waals surface area contributed by atoms with Crippen molar-refractivity contribution in [3.8, 4) is 0 Å². The van der Waals surface area contributed by atoms with Crippen LogP contribution in [0.2, 0.25) is 0 Å². The normalized spacial score (nSPS) is 23.9. The maximum absolute atomic E-state index is 4.02. The lowest BCUT2D eigenvalue weighted by Crippen LogP contribution is -2.24. The van der Waals surface area contributed by atoms with Gasteiger partial charge in [-0.05, 0) is 13.0 Å². The second kappa shape index (κ2) is 4.24. The molecule has 0 bridgehead atoms. The van der Waals surface area contributed by atoms with E-state index in [0.717, 1.165) is 13.1 Å². The van der Waals surface area contributed by atoms with E-state index in [1.807, 2.05) is 18.7 Å². The van der Waals surface area contributed by atoms with Gasteiger partial charge >= 0.3 is 0 Å². The summed E-state index contributed by atoms with van der Waals surface area (Å²) < 4.78 is 2.13. The number of halogens is 1. The average Bonchev–Trinajstić information content (AvgIpc) is 2.71. The van der Waals surface area contributed by atoms with Crippen molar-refractivity contribution in [2.24, 2.45) is 0 Å². The van der Waals surface area contributed by atoms with Crippen LogP contribution in [0.4, 0.5) is 0 Å². The van der Waals surface area contributed by atoms with Crippen molar-refractivity contribution in [2.45, 2.75) is 17.8 Å². The van der Waals surface area contributed by atoms with Gasteiger partial charge in [-0.1, -0.05) is 15.9 Å². The van der Waals surface area contributed by atoms with Gasteiger partial charge < -0.3 is 9.47 Å². The summed E-state index contributed by atoms with van der Waals surface area (Å²) in [7, 11) is 0. The molecule has 1 aromatic rings. The van der Waals surface area contributed by atoms with Gasteiger partial charge in [0.15, 0.2) is 0 Å². The van der Waals surface area contributed by atoms with Crippen LogP contribution in [-0.2, 0) is 6.54 Å². The Morgan fingerprint density at radius 1 is 1.46 bits per heavy atom. The molecule has 1 aromatic heterocycles. The van der Waals surface area contributed by atoms with Gasteiger partial charge in [-0.2, -0.15) is 0 Å². The summed E-state index contributed by atoms with van der Waals surface area (Å²) in [4.78, 5) is 7.21. The first kappa shape index (κ1) is 9.21. The van der Waals surface area contributed by atoms with Crippen LogP contribution in [0.1, 0.15) is 6.42 Å². The van der Waals surface area contributed by atoms with Gasteiger partial charge in [0.05, 0.1) is 6.33 Å². The lowest BCUT2D eigenvalue weighted by Gasteiger charge is -2.14. The Morgan fingerprint density at radius 2 is 2.38 bits per heavy atom. The second-order valence-corrected chi connectivity index (χ2v) is 4.78. The van der Waals surface area contributed by atoms with Crippen LogP contribution in [0.5, 0.6) is 0 Å². The van der Waals surface area contributed by atoms with Crippen molar-refractivity contribution in [3.05, 3.63) is 18.7 Å². The zero-order valence-electron chi connectivity index (χ0n) is 7.56. The van der Waals surface area contributed by atoms with Gasteiger partial charge in [0.2, 0.25) is 0 Å². The number of imidazole rings is 1. The van der Waals surface area contributed by atoms with Crippen LogP contribution in [-0.4, -0.2) is 38.9 Å². The molecule has 1 aliphatic heterocycles. The van der Waals surface area contributed by atoms with Crippen molar-refractivity contribution in [1.82, 2.24) is 14.5 Å². The number of alkyl halides is 1. The van der Waals surface area contributed by atoms with E-state index in [1.165, 1.54) is 19.5 Å². The van der Waals surface area contributed by atoms with E-state index in [-0.39, 0.29) is 0 Å². The van der Waals surface area contributed by atoms with Crippen molar-refractivity contribution in [1.29, 1.82) is 0 Å². The molecule has 0 radical (unpaired) electrons. The molecule has 3 nitrogen and oxygen atoms in total. The largest absolute Gasteiger partial charge is 0.336 e. The van der Waals surface area contributed by atoms with Gasteiger partial charge in [0, 0.05) is 36.9 Å². The number of aromatic nitrogens is 2. The first-order valence-electron chi connectivity index (χ1n) is 4.67. The molecular weight excluding hydrogens is 230 g/mol. The lowest BCUT2D eigenvalue weighted by molar-refractivity contribution is 0.323. The zero-order valence-corrected chi connectivity index (χ0v) is 9.15. The standard InChI is InChI=1S/C9H14BrN3/c10-9-1-3-12(7-9)5-6-13-4-2-11-8-13/h2,4,8-9H,1,3,5-7H2. The highest BCUT2D eigenvalue weighted by atomic mass is 79.9. The fourth-order valence-electron chi connectivity index (χ4n) is 1.66. The third kappa shape index (κ3) is 2.54. The quantitative estimate of drug-likeness (QED) is 0.748. The molecule has 1 unspecified atom stereocenters. The Labute approximate surface area is 86.9 Å². The predicted molar refractivity (Wildman–Crippen MR) is 56.0 cm³/mol. The van der Waals surface area contributed by atoms with Crippen molar-refractivity contribution < 1.29 is 0 Å². The third-order valence-corrected chi connectivity index (χ3v) is 3.20. The minimum atomic E-state index is 0.704. The predicted octanol–water partition coefficient (Wildman–Crippen LogP) is 1.35. The highest BCUT2D eigenvalue weighted by molar-refractivity contribution is 9.09. The van der Waals surface area contributed by atoms with E-state index >= 15 is 0 Å². The topological polar surface area (TPSA) is 21.1 Å². The van der Waals surface area contributed by atoms with E-state index in [1.54, 1.807) is 0 Å². The Bertz CT molecular complexity index is 247. The summed E-state index contributed by atoms with van der Waals surface area (Å²) in [6.45, 7) is 4.61. The Balaban J connectivity index is 1.74. The SMILES string of the molecule is BrC1CCN(CCn2ccnc2)C1. The Kier molecular flexibility index (Phi) is 3.01. The van der Waals surface area contributed by atoms with E-state index in [0.29, 0.717) is 4.83 Å². The number of nitrogens with zero attached hydrogens (tertiary/aromatic N) is 3. The number of hydrogen-bond acceptors (Lipinski definition) is 2. The summed E-state index contributed by atoms with van der Waals surface area (Å²) in [5.41, 5.74) is 0. The minimum absolute atomic E-state index is 0.704. The molecule has 0 amide bonds. The van der Waals surface area contributed by atoms with Crippen LogP contribution < -0.4 is 0 Å². The molecule has 0 N–H and O–H groups in total. The van der Waals surface area contributed by atoms with Crippen molar-refractivity contribution in [3.63, 3.8) is 0 Å². The molecule has 0 aromatic carbocycles. The van der Waals surface area contributed by atoms with Crippen LogP contribution in [0.15, 0.2) is 18.7 Å². The van der Waals surface area contributed by atoms with E-state index in [2.05, 4.69) is 30.4 Å².